The first-order valence-electron chi connectivity index (χ1n) is 2.12. The molecule has 0 bridgehead atoms. The topological polar surface area (TPSA) is 0 Å². The molecule has 0 fully saturated rings. The molecule has 0 heterocycles. The van der Waals surface area contributed by atoms with Crippen LogP contribution in [-0.2, 0) is 0 Å². The van der Waals surface area contributed by atoms with Gasteiger partial charge < -0.3 is 0 Å². The average Bonchev–Trinajstić information content (AvgIpc) is 1.84. The van der Waals surface area contributed by atoms with Gasteiger partial charge in [-0.25, -0.2) is 4.39 Å². The van der Waals surface area contributed by atoms with Crippen molar-refractivity contribution < 1.29 is 4.39 Å². The van der Waals surface area contributed by atoms with E-state index in [1.54, 1.807) is 0 Å². The third-order valence-corrected chi connectivity index (χ3v) is 1.19. The molecule has 0 N–H and O–H groups in total. The van der Waals surface area contributed by atoms with E-state index >= 15 is 0 Å². The first kappa shape index (κ1) is 7.58. The number of halogens is 1. The maximum absolute atomic E-state index is 12.2. The predicted octanol–water partition coefficient (Wildman–Crippen LogP) is 2.41. The Morgan fingerprint density at radius 3 is 2.00 bits per heavy atom. The van der Waals surface area contributed by atoms with Gasteiger partial charge in [0.2, 0.25) is 0 Å². The molecular formula is C6H8FP. The van der Waals surface area contributed by atoms with Crippen molar-refractivity contribution in [3.05, 3.63) is 36.5 Å². The second-order valence-corrected chi connectivity index (χ2v) is 1.83. The van der Waals surface area contributed by atoms with Crippen LogP contribution in [-0.4, -0.2) is 0 Å². The maximum Gasteiger partial charge on any atom is 0.129 e. The number of allylic oxidation sites excluding steroid dienone is 4. The molecule has 1 unspecified atom stereocenters. The Bertz CT molecular complexity index is 119. The Labute approximate surface area is 51.0 Å². The highest BCUT2D eigenvalue weighted by Crippen LogP contribution is 2.14. The van der Waals surface area contributed by atoms with Crippen molar-refractivity contribution in [2.45, 2.75) is 0 Å². The molecule has 0 aromatic heterocycles. The van der Waals surface area contributed by atoms with Crippen molar-refractivity contribution in [1.29, 1.82) is 0 Å². The van der Waals surface area contributed by atoms with Crippen molar-refractivity contribution in [2.24, 2.45) is 0 Å². The largest absolute Gasteiger partial charge is 0.206 e. The zero-order valence-electron chi connectivity index (χ0n) is 4.52. The second-order valence-electron chi connectivity index (χ2n) is 1.21. The molecule has 0 aliphatic heterocycles. The molecule has 0 spiro atoms. The Kier molecular flexibility index (Phi) is 3.38. The summed E-state index contributed by atoms with van der Waals surface area (Å²) in [6.07, 6.45) is 2.56. The smallest absolute Gasteiger partial charge is 0.129 e. The van der Waals surface area contributed by atoms with Gasteiger partial charge in [-0.2, -0.15) is 0 Å². The van der Waals surface area contributed by atoms with E-state index in [1.807, 2.05) is 0 Å². The molecule has 0 radical (unpaired) electrons. The summed E-state index contributed by atoms with van der Waals surface area (Å²) in [4.78, 5) is 0. The van der Waals surface area contributed by atoms with Gasteiger partial charge in [-0.05, 0) is 6.08 Å². The van der Waals surface area contributed by atoms with Gasteiger partial charge in [0.25, 0.3) is 0 Å². The Balaban J connectivity index is 4.25. The number of rotatable bonds is 2. The molecule has 0 aliphatic rings. The van der Waals surface area contributed by atoms with E-state index in [1.165, 1.54) is 6.08 Å². The van der Waals surface area contributed by atoms with E-state index in [9.17, 15) is 4.39 Å². The third-order valence-electron chi connectivity index (χ3n) is 0.675. The molecule has 44 valence electrons. The quantitative estimate of drug-likeness (QED) is 0.397. The molecule has 0 rings (SSSR count). The highest BCUT2D eigenvalue weighted by atomic mass is 31.0. The van der Waals surface area contributed by atoms with Crippen molar-refractivity contribution in [1.82, 2.24) is 0 Å². The second kappa shape index (κ2) is 3.57. The molecule has 0 aromatic carbocycles. The molecule has 0 saturated heterocycles. The fourth-order valence-electron chi connectivity index (χ4n) is 0.215. The van der Waals surface area contributed by atoms with E-state index in [0.717, 1.165) is 6.08 Å². The Hall–Kier alpha value is -0.420. The number of hydrogen-bond acceptors (Lipinski definition) is 0. The van der Waals surface area contributed by atoms with E-state index < -0.39 is 0 Å². The van der Waals surface area contributed by atoms with Crippen molar-refractivity contribution in [2.75, 3.05) is 0 Å². The standard InChI is InChI=1S/C6H8FP/c1-3-5(7)6(8)4-2/h3-4H,1-2,8H2/b6-5-. The summed E-state index contributed by atoms with van der Waals surface area (Å²) >= 11 is 0. The monoisotopic (exact) mass is 130 g/mol. The first-order chi connectivity index (χ1) is 3.72. The summed E-state index contributed by atoms with van der Waals surface area (Å²) in [5.41, 5.74) is 0. The molecule has 8 heavy (non-hydrogen) atoms. The maximum atomic E-state index is 12.2. The summed E-state index contributed by atoms with van der Waals surface area (Å²) in [6.45, 7) is 6.60. The van der Waals surface area contributed by atoms with Crippen LogP contribution in [0, 0.1) is 0 Å². The molecule has 0 amide bonds. The molecule has 0 aliphatic carbocycles. The average molecular weight is 130 g/mol. The van der Waals surface area contributed by atoms with Gasteiger partial charge in [-0.1, -0.05) is 19.2 Å². The van der Waals surface area contributed by atoms with E-state index in [-0.39, 0.29) is 5.83 Å². The van der Waals surface area contributed by atoms with Crippen LogP contribution in [0.5, 0.6) is 0 Å². The van der Waals surface area contributed by atoms with Crippen LogP contribution in [0.15, 0.2) is 36.5 Å². The fourth-order valence-corrected chi connectivity index (χ4v) is 0.333. The van der Waals surface area contributed by atoms with Crippen molar-refractivity contribution >= 4 is 9.24 Å². The van der Waals surface area contributed by atoms with Crippen molar-refractivity contribution in [3.63, 3.8) is 0 Å². The van der Waals surface area contributed by atoms with Crippen LogP contribution in [0.2, 0.25) is 0 Å². The van der Waals surface area contributed by atoms with Gasteiger partial charge >= 0.3 is 0 Å². The summed E-state index contributed by atoms with van der Waals surface area (Å²) in [7, 11) is 2.21. The van der Waals surface area contributed by atoms with Crippen molar-refractivity contribution in [3.8, 4) is 0 Å². The van der Waals surface area contributed by atoms with Gasteiger partial charge in [0.05, 0.1) is 0 Å². The normalized spacial score (nSPS) is 12.2. The first-order valence-corrected chi connectivity index (χ1v) is 2.70. The highest BCUT2D eigenvalue weighted by Gasteiger charge is 1.87. The zero-order valence-corrected chi connectivity index (χ0v) is 5.68. The van der Waals surface area contributed by atoms with Gasteiger partial charge in [0.1, 0.15) is 5.83 Å². The lowest BCUT2D eigenvalue weighted by atomic mass is 10.4. The summed E-state index contributed by atoms with van der Waals surface area (Å²) in [5, 5.41) is 0.444. The molecule has 2 heteroatoms. The van der Waals surface area contributed by atoms with Crippen LogP contribution in [0.1, 0.15) is 0 Å². The van der Waals surface area contributed by atoms with Gasteiger partial charge in [0, 0.05) is 5.31 Å². The van der Waals surface area contributed by atoms with Gasteiger partial charge in [-0.3, -0.25) is 0 Å². The summed E-state index contributed by atoms with van der Waals surface area (Å²) in [5.74, 6) is -0.343. The molecule has 0 nitrogen and oxygen atoms in total. The van der Waals surface area contributed by atoms with Gasteiger partial charge in [-0.15, -0.1) is 9.24 Å². The van der Waals surface area contributed by atoms with Crippen LogP contribution in [0.3, 0.4) is 0 Å². The van der Waals surface area contributed by atoms with Crippen LogP contribution in [0.25, 0.3) is 0 Å². The minimum Gasteiger partial charge on any atom is -0.206 e. The lowest BCUT2D eigenvalue weighted by Crippen LogP contribution is -1.65. The lowest BCUT2D eigenvalue weighted by molar-refractivity contribution is 0.665. The molecule has 0 aromatic rings. The molecular weight excluding hydrogens is 122 g/mol. The zero-order chi connectivity index (χ0) is 6.57. The number of hydrogen-bond donors (Lipinski definition) is 0. The van der Waals surface area contributed by atoms with Gasteiger partial charge in [0.15, 0.2) is 0 Å². The van der Waals surface area contributed by atoms with E-state index in [4.69, 9.17) is 0 Å². The SMILES string of the molecule is C=C/C(F)=C(/P)C=C. The fraction of sp³-hybridized carbons (Fsp3) is 0. The molecule has 1 atom stereocenters. The minimum absolute atomic E-state index is 0.343. The van der Waals surface area contributed by atoms with Crippen LogP contribution < -0.4 is 0 Å². The third kappa shape index (κ3) is 2.04. The summed E-state index contributed by atoms with van der Waals surface area (Å²) in [6, 6.07) is 0. The van der Waals surface area contributed by atoms with Crippen LogP contribution >= 0.6 is 9.24 Å². The molecule has 0 saturated carbocycles. The minimum atomic E-state index is -0.343. The van der Waals surface area contributed by atoms with E-state index in [2.05, 4.69) is 22.4 Å². The predicted molar refractivity (Wildman–Crippen MR) is 38.2 cm³/mol. The van der Waals surface area contributed by atoms with Crippen LogP contribution in [0.4, 0.5) is 4.39 Å². The van der Waals surface area contributed by atoms with E-state index in [0.29, 0.717) is 5.31 Å². The Morgan fingerprint density at radius 1 is 1.38 bits per heavy atom. The lowest BCUT2D eigenvalue weighted by Gasteiger charge is -1.87. The Morgan fingerprint density at radius 2 is 1.88 bits per heavy atom. The highest BCUT2D eigenvalue weighted by molar-refractivity contribution is 7.23. The summed E-state index contributed by atoms with van der Waals surface area (Å²) < 4.78 is 12.2.